The molecule has 0 radical (unpaired) electrons. The number of carbonyl (C=O) groups excluding carboxylic acids is 1. The van der Waals surface area contributed by atoms with Crippen molar-refractivity contribution in [3.05, 3.63) is 23.7 Å². The maximum absolute atomic E-state index is 10.9. The highest BCUT2D eigenvalue weighted by molar-refractivity contribution is 5.87. The second-order valence-corrected chi connectivity index (χ2v) is 2.86. The van der Waals surface area contributed by atoms with Gasteiger partial charge in [0.2, 0.25) is 0 Å². The Morgan fingerprint density at radius 3 is 2.58 bits per heavy atom. The van der Waals surface area contributed by atoms with Crippen LogP contribution in [0.5, 0.6) is 0 Å². The zero-order valence-corrected chi connectivity index (χ0v) is 6.61. The number of allylic oxidation sites excluding steroid dienone is 1. The third-order valence-electron chi connectivity index (χ3n) is 1.76. The second kappa shape index (κ2) is 2.64. The van der Waals surface area contributed by atoms with Gasteiger partial charge in [-0.2, -0.15) is 0 Å². The quantitative estimate of drug-likeness (QED) is 0.538. The van der Waals surface area contributed by atoms with E-state index in [9.17, 15) is 9.90 Å². The molecule has 0 aliphatic heterocycles. The van der Waals surface area contributed by atoms with Crippen molar-refractivity contribution in [1.82, 2.24) is 0 Å². The van der Waals surface area contributed by atoms with Crippen molar-refractivity contribution < 1.29 is 20.1 Å². The van der Waals surface area contributed by atoms with Crippen LogP contribution in [0.15, 0.2) is 23.7 Å². The summed E-state index contributed by atoms with van der Waals surface area (Å²) in [6, 6.07) is 0. The number of ketones is 1. The van der Waals surface area contributed by atoms with Crippen molar-refractivity contribution in [1.29, 1.82) is 0 Å². The van der Waals surface area contributed by atoms with Gasteiger partial charge < -0.3 is 15.3 Å². The van der Waals surface area contributed by atoms with Gasteiger partial charge in [0.25, 0.3) is 0 Å². The summed E-state index contributed by atoms with van der Waals surface area (Å²) < 4.78 is 0. The molecule has 4 heteroatoms. The van der Waals surface area contributed by atoms with E-state index in [2.05, 4.69) is 0 Å². The molecule has 0 saturated carbocycles. The van der Waals surface area contributed by atoms with Gasteiger partial charge in [-0.3, -0.25) is 4.79 Å². The van der Waals surface area contributed by atoms with Gasteiger partial charge >= 0.3 is 0 Å². The van der Waals surface area contributed by atoms with Gasteiger partial charge in [0.1, 0.15) is 5.76 Å². The predicted molar refractivity (Wildman–Crippen MR) is 41.7 cm³/mol. The molecular formula is C8H10O4. The van der Waals surface area contributed by atoms with Crippen molar-refractivity contribution in [2.24, 2.45) is 0 Å². The van der Waals surface area contributed by atoms with Gasteiger partial charge in [0.05, 0.1) is 5.76 Å². The van der Waals surface area contributed by atoms with Crippen molar-refractivity contribution in [3.63, 3.8) is 0 Å². The lowest BCUT2D eigenvalue weighted by atomic mass is 9.90. The molecule has 1 aliphatic carbocycles. The SMILES string of the molecule is CC(=O)C1(O)C=C(O)C=C(O)C1. The standard InChI is InChI=1S/C8H10O4/c1-5(9)8(12)3-6(10)2-7(11)4-8/h2-3,10-12H,4H2,1H3. The first kappa shape index (κ1) is 8.80. The number of hydrogen-bond acceptors (Lipinski definition) is 4. The van der Waals surface area contributed by atoms with Gasteiger partial charge in [0, 0.05) is 12.5 Å². The number of aliphatic hydroxyl groups is 3. The lowest BCUT2D eigenvalue weighted by Gasteiger charge is -2.23. The first-order chi connectivity index (χ1) is 5.44. The Hall–Kier alpha value is -1.29. The minimum Gasteiger partial charge on any atom is -0.512 e. The molecule has 3 N–H and O–H groups in total. The third kappa shape index (κ3) is 1.48. The zero-order valence-electron chi connectivity index (χ0n) is 6.61. The monoisotopic (exact) mass is 170 g/mol. The van der Waals surface area contributed by atoms with Crippen LogP contribution in [0, 0.1) is 0 Å². The van der Waals surface area contributed by atoms with E-state index < -0.39 is 11.4 Å². The van der Waals surface area contributed by atoms with E-state index in [1.807, 2.05) is 0 Å². The van der Waals surface area contributed by atoms with Crippen LogP contribution in [0.1, 0.15) is 13.3 Å². The van der Waals surface area contributed by atoms with Crippen LogP contribution in [0.25, 0.3) is 0 Å². The fourth-order valence-corrected chi connectivity index (χ4v) is 1.06. The molecule has 0 saturated heterocycles. The normalized spacial score (nSPS) is 29.2. The van der Waals surface area contributed by atoms with Crippen LogP contribution in [0.2, 0.25) is 0 Å². The van der Waals surface area contributed by atoms with E-state index >= 15 is 0 Å². The van der Waals surface area contributed by atoms with Crippen LogP contribution < -0.4 is 0 Å². The fourth-order valence-electron chi connectivity index (χ4n) is 1.06. The van der Waals surface area contributed by atoms with Gasteiger partial charge in [-0.15, -0.1) is 0 Å². The molecule has 0 aromatic rings. The lowest BCUT2D eigenvalue weighted by Crippen LogP contribution is -2.37. The van der Waals surface area contributed by atoms with E-state index in [1.54, 1.807) is 0 Å². The molecule has 0 fully saturated rings. The van der Waals surface area contributed by atoms with Crippen LogP contribution in [-0.2, 0) is 4.79 Å². The molecule has 0 aromatic heterocycles. The van der Waals surface area contributed by atoms with Crippen molar-refractivity contribution in [3.8, 4) is 0 Å². The Morgan fingerprint density at radius 1 is 1.58 bits per heavy atom. The molecule has 1 atom stereocenters. The Morgan fingerprint density at radius 2 is 2.17 bits per heavy atom. The molecule has 12 heavy (non-hydrogen) atoms. The van der Waals surface area contributed by atoms with E-state index in [-0.39, 0.29) is 17.9 Å². The van der Waals surface area contributed by atoms with Gasteiger partial charge in [-0.05, 0) is 13.0 Å². The molecule has 0 aromatic carbocycles. The third-order valence-corrected chi connectivity index (χ3v) is 1.76. The number of carbonyl (C=O) groups is 1. The zero-order chi connectivity index (χ0) is 9.35. The Balaban J connectivity index is 3.00. The maximum atomic E-state index is 10.9. The average Bonchev–Trinajstić information content (AvgIpc) is 1.82. The van der Waals surface area contributed by atoms with Gasteiger partial charge in [-0.1, -0.05) is 0 Å². The number of rotatable bonds is 1. The smallest absolute Gasteiger partial charge is 0.165 e. The van der Waals surface area contributed by atoms with E-state index in [1.165, 1.54) is 6.92 Å². The lowest BCUT2D eigenvalue weighted by molar-refractivity contribution is -0.131. The maximum Gasteiger partial charge on any atom is 0.165 e. The Kier molecular flexibility index (Phi) is 1.94. The van der Waals surface area contributed by atoms with Gasteiger partial charge in [0.15, 0.2) is 11.4 Å². The number of Topliss-reactive ketones (excluding diaryl/α,β-unsaturated/α-hetero) is 1. The largest absolute Gasteiger partial charge is 0.512 e. The van der Waals surface area contributed by atoms with Gasteiger partial charge in [-0.25, -0.2) is 0 Å². The molecule has 1 unspecified atom stereocenters. The molecule has 0 amide bonds. The number of aliphatic hydroxyl groups excluding tert-OH is 2. The minimum absolute atomic E-state index is 0.174. The average molecular weight is 170 g/mol. The summed E-state index contributed by atoms with van der Waals surface area (Å²) in [4.78, 5) is 10.9. The van der Waals surface area contributed by atoms with Crippen molar-refractivity contribution in [2.45, 2.75) is 18.9 Å². The first-order valence-electron chi connectivity index (χ1n) is 3.49. The van der Waals surface area contributed by atoms with Crippen LogP contribution >= 0.6 is 0 Å². The Labute approximate surface area is 69.5 Å². The van der Waals surface area contributed by atoms with E-state index in [0.717, 1.165) is 12.2 Å². The van der Waals surface area contributed by atoms with Crippen molar-refractivity contribution in [2.75, 3.05) is 0 Å². The Bertz CT molecular complexity index is 277. The topological polar surface area (TPSA) is 77.8 Å². The van der Waals surface area contributed by atoms with Crippen LogP contribution in [-0.4, -0.2) is 26.7 Å². The highest BCUT2D eigenvalue weighted by Crippen LogP contribution is 2.24. The predicted octanol–water partition coefficient (Wildman–Crippen LogP) is 0.594. The molecule has 0 heterocycles. The molecule has 0 bridgehead atoms. The van der Waals surface area contributed by atoms with E-state index in [4.69, 9.17) is 10.2 Å². The van der Waals surface area contributed by atoms with E-state index in [0.29, 0.717) is 0 Å². The molecule has 66 valence electrons. The van der Waals surface area contributed by atoms with Crippen molar-refractivity contribution >= 4 is 5.78 Å². The summed E-state index contributed by atoms with van der Waals surface area (Å²) in [5, 5.41) is 27.5. The molecular weight excluding hydrogens is 160 g/mol. The summed E-state index contributed by atoms with van der Waals surface area (Å²) >= 11 is 0. The second-order valence-electron chi connectivity index (χ2n) is 2.86. The summed E-state index contributed by atoms with van der Waals surface area (Å²) in [6.07, 6.45) is 1.94. The highest BCUT2D eigenvalue weighted by Gasteiger charge is 2.34. The minimum atomic E-state index is -1.75. The molecule has 1 rings (SSSR count). The highest BCUT2D eigenvalue weighted by atomic mass is 16.3. The molecule has 1 aliphatic rings. The summed E-state index contributed by atoms with van der Waals surface area (Å²) in [5.74, 6) is -1.00. The van der Waals surface area contributed by atoms with Crippen LogP contribution in [0.3, 0.4) is 0 Å². The summed E-state index contributed by atoms with van der Waals surface area (Å²) in [7, 11) is 0. The number of hydrogen-bond donors (Lipinski definition) is 3. The fraction of sp³-hybridized carbons (Fsp3) is 0.375. The molecule has 4 nitrogen and oxygen atoms in total. The summed E-state index contributed by atoms with van der Waals surface area (Å²) in [5.41, 5.74) is -1.75. The first-order valence-corrected chi connectivity index (χ1v) is 3.49. The molecule has 0 spiro atoms. The van der Waals surface area contributed by atoms with Crippen LogP contribution in [0.4, 0.5) is 0 Å². The summed E-state index contributed by atoms with van der Waals surface area (Å²) in [6.45, 7) is 1.20.